The Bertz CT molecular complexity index is 244. The van der Waals surface area contributed by atoms with Crippen molar-refractivity contribution in [2.24, 2.45) is 10.7 Å². The number of halogens is 1. The summed E-state index contributed by atoms with van der Waals surface area (Å²) < 4.78 is 0. The molecule has 0 aromatic carbocycles. The van der Waals surface area contributed by atoms with Crippen LogP contribution in [0.5, 0.6) is 0 Å². The summed E-state index contributed by atoms with van der Waals surface area (Å²) in [6.07, 6.45) is 5.20. The lowest BCUT2D eigenvalue weighted by Gasteiger charge is -2.10. The van der Waals surface area contributed by atoms with Crippen molar-refractivity contribution in [1.29, 1.82) is 0 Å². The second-order valence-corrected chi connectivity index (χ2v) is 4.29. The SMILES string of the molecule is CCCCCCN=C(N)NCCC(=O)N(C)C.I. The number of aliphatic imine (C=N–C) groups is 1. The highest BCUT2D eigenvalue weighted by Crippen LogP contribution is 1.98. The molecule has 0 spiro atoms. The van der Waals surface area contributed by atoms with Crippen LogP contribution in [0.1, 0.15) is 39.0 Å². The Morgan fingerprint density at radius 1 is 1.28 bits per heavy atom. The van der Waals surface area contributed by atoms with Gasteiger partial charge in [0.25, 0.3) is 0 Å². The molecule has 6 heteroatoms. The third-order valence-electron chi connectivity index (χ3n) is 2.44. The van der Waals surface area contributed by atoms with Crippen molar-refractivity contribution in [3.05, 3.63) is 0 Å². The molecular weight excluding hydrogens is 343 g/mol. The molecule has 0 aliphatic heterocycles. The van der Waals surface area contributed by atoms with Crippen molar-refractivity contribution >= 4 is 35.8 Å². The molecule has 0 aromatic rings. The molecule has 0 bridgehead atoms. The number of nitrogens with zero attached hydrogens (tertiary/aromatic N) is 2. The van der Waals surface area contributed by atoms with E-state index in [-0.39, 0.29) is 29.9 Å². The second-order valence-electron chi connectivity index (χ2n) is 4.29. The molecule has 0 atom stereocenters. The van der Waals surface area contributed by atoms with Gasteiger partial charge in [0.05, 0.1) is 0 Å². The van der Waals surface area contributed by atoms with Gasteiger partial charge in [0.2, 0.25) is 5.91 Å². The highest BCUT2D eigenvalue weighted by Gasteiger charge is 2.02. The van der Waals surface area contributed by atoms with E-state index in [9.17, 15) is 4.79 Å². The minimum absolute atomic E-state index is 0. The predicted molar refractivity (Wildman–Crippen MR) is 87.4 cm³/mol. The third-order valence-corrected chi connectivity index (χ3v) is 2.44. The standard InChI is InChI=1S/C12H26N4O.HI/c1-4-5-6-7-9-14-12(13)15-10-8-11(17)16(2)3;/h4-10H2,1-3H3,(H3,13,14,15);1H. The number of unbranched alkanes of at least 4 members (excludes halogenated alkanes) is 3. The monoisotopic (exact) mass is 370 g/mol. The maximum atomic E-state index is 11.3. The molecule has 108 valence electrons. The second kappa shape index (κ2) is 12.9. The lowest BCUT2D eigenvalue weighted by Crippen LogP contribution is -2.35. The number of carbonyl (C=O) groups excluding carboxylic acids is 1. The van der Waals surface area contributed by atoms with Gasteiger partial charge in [-0.2, -0.15) is 0 Å². The van der Waals surface area contributed by atoms with Gasteiger partial charge in [-0.25, -0.2) is 0 Å². The number of amides is 1. The molecule has 18 heavy (non-hydrogen) atoms. The maximum Gasteiger partial charge on any atom is 0.223 e. The Morgan fingerprint density at radius 2 is 1.94 bits per heavy atom. The van der Waals surface area contributed by atoms with E-state index in [1.807, 2.05) is 0 Å². The van der Waals surface area contributed by atoms with E-state index in [1.165, 1.54) is 19.3 Å². The molecular formula is C12H27IN4O. The topological polar surface area (TPSA) is 70.7 Å². The molecule has 0 fully saturated rings. The van der Waals surface area contributed by atoms with Crippen molar-refractivity contribution < 1.29 is 4.79 Å². The molecule has 0 heterocycles. The van der Waals surface area contributed by atoms with Gasteiger partial charge in [-0.05, 0) is 6.42 Å². The van der Waals surface area contributed by atoms with Gasteiger partial charge in [-0.1, -0.05) is 26.2 Å². The van der Waals surface area contributed by atoms with Crippen LogP contribution < -0.4 is 11.1 Å². The first-order chi connectivity index (χ1) is 8.07. The quantitative estimate of drug-likeness (QED) is 0.295. The number of hydrogen-bond acceptors (Lipinski definition) is 2. The summed E-state index contributed by atoms with van der Waals surface area (Å²) in [5.74, 6) is 0.529. The molecule has 0 radical (unpaired) electrons. The number of guanidine groups is 1. The van der Waals surface area contributed by atoms with E-state index in [0.29, 0.717) is 18.9 Å². The molecule has 0 saturated carbocycles. The Labute approximate surface area is 128 Å². The van der Waals surface area contributed by atoms with E-state index >= 15 is 0 Å². The number of carbonyl (C=O) groups is 1. The Kier molecular flexibility index (Phi) is 14.2. The van der Waals surface area contributed by atoms with Crippen molar-refractivity contribution in [1.82, 2.24) is 10.2 Å². The fourth-order valence-electron chi connectivity index (χ4n) is 1.32. The summed E-state index contributed by atoms with van der Waals surface area (Å²) in [6.45, 7) is 3.49. The zero-order chi connectivity index (χ0) is 13.1. The van der Waals surface area contributed by atoms with E-state index in [0.717, 1.165) is 13.0 Å². The summed E-state index contributed by atoms with van der Waals surface area (Å²) in [5, 5.41) is 2.94. The van der Waals surface area contributed by atoms with Crippen molar-refractivity contribution in [3.8, 4) is 0 Å². The molecule has 0 aromatic heterocycles. The molecule has 0 aliphatic carbocycles. The average molecular weight is 370 g/mol. The third kappa shape index (κ3) is 11.9. The van der Waals surface area contributed by atoms with Crippen LogP contribution >= 0.6 is 24.0 Å². The highest BCUT2D eigenvalue weighted by molar-refractivity contribution is 14.0. The van der Waals surface area contributed by atoms with E-state index < -0.39 is 0 Å². The minimum atomic E-state index is 0. The van der Waals surface area contributed by atoms with Crippen LogP contribution in [-0.2, 0) is 4.79 Å². The van der Waals surface area contributed by atoms with E-state index in [2.05, 4.69) is 17.2 Å². The smallest absolute Gasteiger partial charge is 0.223 e. The zero-order valence-electron chi connectivity index (χ0n) is 11.7. The van der Waals surface area contributed by atoms with Crippen LogP contribution in [0, 0.1) is 0 Å². The van der Waals surface area contributed by atoms with Gasteiger partial charge in [0, 0.05) is 33.6 Å². The van der Waals surface area contributed by atoms with Crippen LogP contribution in [0.4, 0.5) is 0 Å². The zero-order valence-corrected chi connectivity index (χ0v) is 14.1. The van der Waals surface area contributed by atoms with Gasteiger partial charge in [-0.15, -0.1) is 24.0 Å². The van der Waals surface area contributed by atoms with Crippen LogP contribution in [0.15, 0.2) is 4.99 Å². The van der Waals surface area contributed by atoms with E-state index in [4.69, 9.17) is 5.73 Å². The summed E-state index contributed by atoms with van der Waals surface area (Å²) in [7, 11) is 3.49. The first-order valence-corrected chi connectivity index (χ1v) is 6.31. The summed E-state index contributed by atoms with van der Waals surface area (Å²) in [6, 6.07) is 0. The first kappa shape index (κ1) is 19.8. The highest BCUT2D eigenvalue weighted by atomic mass is 127. The van der Waals surface area contributed by atoms with E-state index in [1.54, 1.807) is 19.0 Å². The van der Waals surface area contributed by atoms with Gasteiger partial charge in [0.15, 0.2) is 5.96 Å². The molecule has 1 amide bonds. The van der Waals surface area contributed by atoms with Crippen molar-refractivity contribution in [3.63, 3.8) is 0 Å². The van der Waals surface area contributed by atoms with Crippen molar-refractivity contribution in [2.75, 3.05) is 27.2 Å². The van der Waals surface area contributed by atoms with Crippen LogP contribution in [0.2, 0.25) is 0 Å². The fraction of sp³-hybridized carbons (Fsp3) is 0.833. The molecule has 0 saturated heterocycles. The molecule has 0 unspecified atom stereocenters. The largest absolute Gasteiger partial charge is 0.370 e. The number of hydrogen-bond donors (Lipinski definition) is 2. The van der Waals surface area contributed by atoms with Gasteiger partial charge < -0.3 is 16.0 Å². The Balaban J connectivity index is 0. The number of rotatable bonds is 8. The normalized spacial score (nSPS) is 10.7. The molecule has 5 nitrogen and oxygen atoms in total. The summed E-state index contributed by atoms with van der Waals surface area (Å²) in [4.78, 5) is 17.0. The van der Waals surface area contributed by atoms with Gasteiger partial charge in [0.1, 0.15) is 0 Å². The average Bonchev–Trinajstić information content (AvgIpc) is 2.28. The maximum absolute atomic E-state index is 11.3. The fourth-order valence-corrected chi connectivity index (χ4v) is 1.32. The molecule has 3 N–H and O–H groups in total. The lowest BCUT2D eigenvalue weighted by molar-refractivity contribution is -0.128. The minimum Gasteiger partial charge on any atom is -0.370 e. The van der Waals surface area contributed by atoms with Crippen molar-refractivity contribution in [2.45, 2.75) is 39.0 Å². The Hall–Kier alpha value is -0.530. The predicted octanol–water partition coefficient (Wildman–Crippen LogP) is 1.57. The molecule has 0 aliphatic rings. The molecule has 0 rings (SSSR count). The van der Waals surface area contributed by atoms with Crippen LogP contribution in [0.3, 0.4) is 0 Å². The lowest BCUT2D eigenvalue weighted by atomic mass is 10.2. The van der Waals surface area contributed by atoms with Gasteiger partial charge >= 0.3 is 0 Å². The van der Waals surface area contributed by atoms with Crippen LogP contribution in [0.25, 0.3) is 0 Å². The Morgan fingerprint density at radius 3 is 2.50 bits per heavy atom. The number of nitrogens with two attached hydrogens (primary N) is 1. The summed E-state index contributed by atoms with van der Waals surface area (Å²) >= 11 is 0. The van der Waals surface area contributed by atoms with Gasteiger partial charge in [-0.3, -0.25) is 9.79 Å². The van der Waals surface area contributed by atoms with Crippen LogP contribution in [-0.4, -0.2) is 44.0 Å². The number of nitrogens with one attached hydrogen (secondary N) is 1. The first-order valence-electron chi connectivity index (χ1n) is 6.31. The summed E-state index contributed by atoms with van der Waals surface area (Å²) in [5.41, 5.74) is 5.66.